The van der Waals surface area contributed by atoms with Crippen LogP contribution in [0.25, 0.3) is 0 Å². The first-order chi connectivity index (χ1) is 13.0. The van der Waals surface area contributed by atoms with E-state index in [9.17, 15) is 25.0 Å². The van der Waals surface area contributed by atoms with Gasteiger partial charge in [0.05, 0.1) is 0 Å². The summed E-state index contributed by atoms with van der Waals surface area (Å²) in [4.78, 5) is 29.7. The summed E-state index contributed by atoms with van der Waals surface area (Å²) in [5.74, 6) is 0. The first kappa shape index (κ1) is 24.2. The van der Waals surface area contributed by atoms with E-state index < -0.39 is 21.9 Å². The molecule has 0 saturated heterocycles. The van der Waals surface area contributed by atoms with Crippen LogP contribution in [0.15, 0.2) is 60.8 Å². The SMILES string of the molecule is CC/C=C/C/C=C/C/C=C/C/C=C/C/C=C/CCC([C]=O)([N+](=O)[O-])[N+](=O)[O-]. The third-order valence-corrected chi connectivity index (χ3v) is 3.58. The second-order valence-electron chi connectivity index (χ2n) is 5.68. The highest BCUT2D eigenvalue weighted by molar-refractivity contribution is 5.60. The van der Waals surface area contributed by atoms with E-state index in [0.29, 0.717) is 6.42 Å². The third-order valence-electron chi connectivity index (χ3n) is 3.58. The lowest BCUT2D eigenvalue weighted by Crippen LogP contribution is -2.47. The maximum absolute atomic E-state index is 10.7. The van der Waals surface area contributed by atoms with Crippen LogP contribution in [0.3, 0.4) is 0 Å². The highest BCUT2D eigenvalue weighted by Crippen LogP contribution is 2.16. The van der Waals surface area contributed by atoms with Gasteiger partial charge >= 0.3 is 11.9 Å². The van der Waals surface area contributed by atoms with Crippen molar-refractivity contribution in [2.75, 3.05) is 0 Å². The summed E-state index contributed by atoms with van der Waals surface area (Å²) in [5, 5.41) is 21.5. The fourth-order valence-electron chi connectivity index (χ4n) is 2.03. The Labute approximate surface area is 160 Å². The van der Waals surface area contributed by atoms with Gasteiger partial charge in [0.25, 0.3) is 0 Å². The van der Waals surface area contributed by atoms with E-state index in [0.717, 1.165) is 32.0 Å². The molecular formula is C20H27N2O5. The minimum absolute atomic E-state index is 0.0602. The molecule has 0 aliphatic heterocycles. The second-order valence-corrected chi connectivity index (χ2v) is 5.68. The molecule has 0 bridgehead atoms. The van der Waals surface area contributed by atoms with Crippen LogP contribution in [0.1, 0.15) is 51.9 Å². The Hall–Kier alpha value is -2.83. The van der Waals surface area contributed by atoms with Crippen LogP contribution in [-0.4, -0.2) is 21.8 Å². The molecule has 0 fully saturated rings. The van der Waals surface area contributed by atoms with Gasteiger partial charge in [-0.2, -0.15) is 0 Å². The highest BCUT2D eigenvalue weighted by atomic mass is 16.7. The average Bonchev–Trinajstić information content (AvgIpc) is 2.64. The van der Waals surface area contributed by atoms with Crippen molar-refractivity contribution < 1.29 is 14.6 Å². The largest absolute Gasteiger partial charge is 0.524 e. The summed E-state index contributed by atoms with van der Waals surface area (Å²) in [6.45, 7) is 2.11. The second kappa shape index (κ2) is 15.4. The molecule has 147 valence electrons. The zero-order valence-corrected chi connectivity index (χ0v) is 15.7. The Bertz CT molecular complexity index is 589. The summed E-state index contributed by atoms with van der Waals surface area (Å²) in [7, 11) is 0. The summed E-state index contributed by atoms with van der Waals surface area (Å²) in [6.07, 6.45) is 24.8. The van der Waals surface area contributed by atoms with Gasteiger partial charge in [0.2, 0.25) is 0 Å². The van der Waals surface area contributed by atoms with Crippen LogP contribution in [0.2, 0.25) is 0 Å². The van der Waals surface area contributed by atoms with E-state index in [1.807, 2.05) is 12.2 Å². The van der Waals surface area contributed by atoms with Crippen LogP contribution < -0.4 is 0 Å². The molecule has 0 spiro atoms. The van der Waals surface area contributed by atoms with Gasteiger partial charge in [-0.3, -0.25) is 25.0 Å². The van der Waals surface area contributed by atoms with E-state index >= 15 is 0 Å². The van der Waals surface area contributed by atoms with Crippen LogP contribution >= 0.6 is 0 Å². The Balaban J connectivity index is 3.98. The Morgan fingerprint density at radius 1 is 0.741 bits per heavy atom. The summed E-state index contributed by atoms with van der Waals surface area (Å²) in [5.41, 5.74) is -2.87. The zero-order chi connectivity index (χ0) is 20.4. The molecule has 0 aliphatic rings. The number of nitrogens with zero attached hydrogens (tertiary/aromatic N) is 2. The van der Waals surface area contributed by atoms with E-state index in [-0.39, 0.29) is 6.42 Å². The molecule has 1 radical (unpaired) electrons. The fraction of sp³-hybridized carbons (Fsp3) is 0.450. The molecule has 0 saturated carbocycles. The van der Waals surface area contributed by atoms with Gasteiger partial charge in [0.15, 0.2) is 0 Å². The van der Waals surface area contributed by atoms with Crippen LogP contribution in [0, 0.1) is 20.2 Å². The van der Waals surface area contributed by atoms with Crippen molar-refractivity contribution in [3.63, 3.8) is 0 Å². The molecule has 0 aromatic carbocycles. The number of hydrogen-bond donors (Lipinski definition) is 0. The maximum atomic E-state index is 10.7. The van der Waals surface area contributed by atoms with Crippen molar-refractivity contribution in [1.82, 2.24) is 0 Å². The minimum atomic E-state index is -2.87. The predicted octanol–water partition coefficient (Wildman–Crippen LogP) is 4.88. The number of allylic oxidation sites excluding steroid dienone is 10. The topological polar surface area (TPSA) is 103 Å². The number of carbonyl (C=O) groups excluding carboxylic acids is 1. The van der Waals surface area contributed by atoms with Crippen molar-refractivity contribution in [1.29, 1.82) is 0 Å². The summed E-state index contributed by atoms with van der Waals surface area (Å²) in [6, 6.07) is 0. The third kappa shape index (κ3) is 10.7. The van der Waals surface area contributed by atoms with Gasteiger partial charge in [-0.15, -0.1) is 0 Å². The van der Waals surface area contributed by atoms with E-state index in [4.69, 9.17) is 0 Å². The lowest BCUT2D eigenvalue weighted by molar-refractivity contribution is -0.772. The van der Waals surface area contributed by atoms with Crippen molar-refractivity contribution in [3.05, 3.63) is 81.0 Å². The number of nitro groups is 2. The van der Waals surface area contributed by atoms with Gasteiger partial charge in [-0.05, 0) is 38.5 Å². The lowest BCUT2D eigenvalue weighted by atomic mass is 10.1. The van der Waals surface area contributed by atoms with Gasteiger partial charge in [0.1, 0.15) is 16.3 Å². The summed E-state index contributed by atoms with van der Waals surface area (Å²) < 4.78 is 0. The molecule has 0 aliphatic carbocycles. The van der Waals surface area contributed by atoms with Gasteiger partial charge in [-0.25, -0.2) is 0 Å². The smallest absolute Gasteiger partial charge is 0.273 e. The molecule has 0 aromatic rings. The molecule has 0 atom stereocenters. The molecule has 0 unspecified atom stereocenters. The monoisotopic (exact) mass is 375 g/mol. The Kier molecular flexibility index (Phi) is 13.8. The molecule has 0 heterocycles. The highest BCUT2D eigenvalue weighted by Gasteiger charge is 2.57. The van der Waals surface area contributed by atoms with Gasteiger partial charge in [0, 0.05) is 0 Å². The average molecular weight is 375 g/mol. The normalized spacial score (nSPS) is 12.9. The standard InChI is InChI=1S/C20H27N2O5/c1-2-3-4-5-6-7-8-9-10-11-12-13-14-15-16-17-18-20(19-23,21(24)25)22(26)27/h3-4,6-7,9-10,12-13,15-16H,2,5,8,11,14,17-18H2,1H3/b4-3+,7-6+,10-9+,13-12+,16-15+. The predicted molar refractivity (Wildman–Crippen MR) is 106 cm³/mol. The number of hydrogen-bond acceptors (Lipinski definition) is 5. The maximum Gasteiger partial charge on any atom is 0.524 e. The molecule has 0 amide bonds. The molecule has 0 N–H and O–H groups in total. The van der Waals surface area contributed by atoms with Gasteiger partial charge < -0.3 is 0 Å². The fourth-order valence-corrected chi connectivity index (χ4v) is 2.03. The molecule has 0 rings (SSSR count). The molecule has 0 aromatic heterocycles. The quantitative estimate of drug-likeness (QED) is 0.176. The van der Waals surface area contributed by atoms with E-state index in [1.165, 1.54) is 0 Å². The van der Waals surface area contributed by atoms with Crippen molar-refractivity contribution in [3.8, 4) is 0 Å². The summed E-state index contributed by atoms with van der Waals surface area (Å²) >= 11 is 0. The first-order valence-corrected chi connectivity index (χ1v) is 8.94. The Morgan fingerprint density at radius 2 is 1.11 bits per heavy atom. The minimum Gasteiger partial charge on any atom is -0.273 e. The number of rotatable bonds is 15. The van der Waals surface area contributed by atoms with Crippen LogP contribution in [0.4, 0.5) is 0 Å². The van der Waals surface area contributed by atoms with Crippen LogP contribution in [-0.2, 0) is 4.79 Å². The van der Waals surface area contributed by atoms with Gasteiger partial charge in [-0.1, -0.05) is 67.7 Å². The van der Waals surface area contributed by atoms with Crippen molar-refractivity contribution >= 4 is 6.29 Å². The zero-order valence-electron chi connectivity index (χ0n) is 15.7. The van der Waals surface area contributed by atoms with Crippen LogP contribution in [0.5, 0.6) is 0 Å². The molecule has 7 nitrogen and oxygen atoms in total. The van der Waals surface area contributed by atoms with Crippen molar-refractivity contribution in [2.24, 2.45) is 0 Å². The lowest BCUT2D eigenvalue weighted by Gasteiger charge is -2.08. The molecule has 7 heteroatoms. The Morgan fingerprint density at radius 3 is 1.44 bits per heavy atom. The van der Waals surface area contributed by atoms with E-state index in [2.05, 4.69) is 43.4 Å². The molecule has 27 heavy (non-hydrogen) atoms. The van der Waals surface area contributed by atoms with E-state index in [1.54, 1.807) is 12.2 Å². The molecular weight excluding hydrogens is 348 g/mol. The van der Waals surface area contributed by atoms with Crippen molar-refractivity contribution in [2.45, 2.75) is 57.5 Å². The first-order valence-electron chi connectivity index (χ1n) is 8.94.